The van der Waals surface area contributed by atoms with Gasteiger partial charge in [0.25, 0.3) is 0 Å². The van der Waals surface area contributed by atoms with Gasteiger partial charge in [-0.2, -0.15) is 0 Å². The number of primary amides is 1. The van der Waals surface area contributed by atoms with Crippen molar-refractivity contribution in [3.63, 3.8) is 0 Å². The highest BCUT2D eigenvalue weighted by Gasteiger charge is 2.36. The van der Waals surface area contributed by atoms with Crippen molar-refractivity contribution < 1.29 is 19.5 Å². The second kappa shape index (κ2) is 7.85. The van der Waals surface area contributed by atoms with Crippen LogP contribution in [-0.2, 0) is 9.59 Å². The molecule has 7 nitrogen and oxygen atoms in total. The van der Waals surface area contributed by atoms with E-state index < -0.39 is 23.9 Å². The number of carboxylic acids is 1. The van der Waals surface area contributed by atoms with Gasteiger partial charge in [-0.3, -0.25) is 4.79 Å². The topological polar surface area (TPSA) is 104 Å². The average Bonchev–Trinajstić information content (AvgIpc) is 2.42. The van der Waals surface area contributed by atoms with Crippen LogP contribution in [0, 0.1) is 5.92 Å². The van der Waals surface area contributed by atoms with Crippen LogP contribution in [0.15, 0.2) is 0 Å². The van der Waals surface area contributed by atoms with Crippen LogP contribution in [-0.4, -0.2) is 58.5 Å². The number of piperidine rings is 1. The summed E-state index contributed by atoms with van der Waals surface area (Å²) in [4.78, 5) is 37.8. The third kappa shape index (κ3) is 4.91. The summed E-state index contributed by atoms with van der Waals surface area (Å²) in [6.45, 7) is 4.61. The first-order valence-electron chi connectivity index (χ1n) is 7.43. The van der Waals surface area contributed by atoms with E-state index in [9.17, 15) is 19.5 Å². The lowest BCUT2D eigenvalue weighted by Gasteiger charge is -2.38. The third-order valence-corrected chi connectivity index (χ3v) is 3.79. The minimum Gasteiger partial charge on any atom is -0.480 e. The van der Waals surface area contributed by atoms with Crippen LogP contribution in [0.1, 0.15) is 39.5 Å². The molecule has 2 atom stereocenters. The van der Waals surface area contributed by atoms with Crippen molar-refractivity contribution in [1.82, 2.24) is 9.80 Å². The summed E-state index contributed by atoms with van der Waals surface area (Å²) in [6.07, 6.45) is 2.84. The second-order valence-electron chi connectivity index (χ2n) is 5.70. The lowest BCUT2D eigenvalue weighted by atomic mass is 9.92. The molecule has 0 radical (unpaired) electrons. The summed E-state index contributed by atoms with van der Waals surface area (Å²) >= 11 is 0. The van der Waals surface area contributed by atoms with Crippen molar-refractivity contribution in [3.8, 4) is 0 Å². The number of nitrogens with two attached hydrogens (primary N) is 1. The number of carboxylic acid groups (broad SMARTS) is 1. The van der Waals surface area contributed by atoms with Gasteiger partial charge >= 0.3 is 12.0 Å². The quantitative estimate of drug-likeness (QED) is 0.759. The molecule has 3 amide bonds. The fourth-order valence-electron chi connectivity index (χ4n) is 2.57. The number of hydrogen-bond donors (Lipinski definition) is 2. The number of hydrogen-bond acceptors (Lipinski definition) is 3. The normalized spacial score (nSPS) is 21.9. The Hall–Kier alpha value is -1.79. The lowest BCUT2D eigenvalue weighted by Crippen LogP contribution is -2.55. The van der Waals surface area contributed by atoms with Gasteiger partial charge < -0.3 is 20.6 Å². The first-order chi connectivity index (χ1) is 9.86. The van der Waals surface area contributed by atoms with Gasteiger partial charge in [-0.15, -0.1) is 0 Å². The van der Waals surface area contributed by atoms with Crippen molar-refractivity contribution >= 4 is 17.9 Å². The van der Waals surface area contributed by atoms with Gasteiger partial charge in [-0.25, -0.2) is 9.59 Å². The molecule has 21 heavy (non-hydrogen) atoms. The zero-order valence-electron chi connectivity index (χ0n) is 12.7. The fourth-order valence-corrected chi connectivity index (χ4v) is 2.57. The molecule has 1 fully saturated rings. The van der Waals surface area contributed by atoms with Crippen LogP contribution in [0.25, 0.3) is 0 Å². The second-order valence-corrected chi connectivity index (χ2v) is 5.70. The fraction of sp³-hybridized carbons (Fsp3) is 0.786. The highest BCUT2D eigenvalue weighted by atomic mass is 16.4. The van der Waals surface area contributed by atoms with Crippen molar-refractivity contribution in [3.05, 3.63) is 0 Å². The van der Waals surface area contributed by atoms with Gasteiger partial charge in [-0.05, 0) is 25.2 Å². The third-order valence-electron chi connectivity index (χ3n) is 3.79. The molecule has 0 spiro atoms. The van der Waals surface area contributed by atoms with Crippen molar-refractivity contribution in [2.75, 3.05) is 19.6 Å². The van der Waals surface area contributed by atoms with E-state index in [1.165, 1.54) is 9.80 Å². The Morgan fingerprint density at radius 3 is 2.57 bits per heavy atom. The van der Waals surface area contributed by atoms with Crippen molar-refractivity contribution in [2.24, 2.45) is 11.7 Å². The zero-order valence-corrected chi connectivity index (χ0v) is 12.7. The summed E-state index contributed by atoms with van der Waals surface area (Å²) < 4.78 is 0. The molecule has 2 unspecified atom stereocenters. The molecule has 1 rings (SSSR count). The van der Waals surface area contributed by atoms with Gasteiger partial charge in [0.2, 0.25) is 5.91 Å². The average molecular weight is 299 g/mol. The number of carbonyl (C=O) groups is 3. The summed E-state index contributed by atoms with van der Waals surface area (Å²) in [7, 11) is 0. The lowest BCUT2D eigenvalue weighted by molar-refractivity contribution is -0.144. The molecule has 120 valence electrons. The molecule has 0 aromatic heterocycles. The number of nitrogens with zero attached hydrogens (tertiary/aromatic N) is 2. The van der Waals surface area contributed by atoms with Crippen molar-refractivity contribution in [2.45, 2.75) is 45.6 Å². The summed E-state index contributed by atoms with van der Waals surface area (Å²) in [5.41, 5.74) is 5.18. The van der Waals surface area contributed by atoms with E-state index in [0.717, 1.165) is 19.3 Å². The predicted octanol–water partition coefficient (Wildman–Crippen LogP) is 0.879. The molecule has 0 bridgehead atoms. The molecular formula is C14H25N3O4. The largest absolute Gasteiger partial charge is 0.480 e. The Morgan fingerprint density at radius 2 is 2.05 bits per heavy atom. The Morgan fingerprint density at radius 1 is 1.38 bits per heavy atom. The zero-order chi connectivity index (χ0) is 16.0. The van der Waals surface area contributed by atoms with E-state index in [0.29, 0.717) is 19.5 Å². The minimum atomic E-state index is -0.996. The van der Waals surface area contributed by atoms with E-state index in [1.807, 2.05) is 13.8 Å². The molecule has 1 aliphatic rings. The Labute approximate surface area is 125 Å². The molecule has 3 N–H and O–H groups in total. The van der Waals surface area contributed by atoms with Crippen LogP contribution < -0.4 is 5.73 Å². The molecule has 1 heterocycles. The van der Waals surface area contributed by atoms with E-state index in [2.05, 4.69) is 0 Å². The molecule has 0 aliphatic carbocycles. The maximum Gasteiger partial charge on any atom is 0.326 e. The number of amides is 3. The van der Waals surface area contributed by atoms with Gasteiger partial charge in [0.05, 0.1) is 0 Å². The van der Waals surface area contributed by atoms with Crippen molar-refractivity contribution in [1.29, 1.82) is 0 Å². The first kappa shape index (κ1) is 17.3. The number of aliphatic carboxylic acids is 1. The Kier molecular flexibility index (Phi) is 6.45. The van der Waals surface area contributed by atoms with Gasteiger partial charge in [-0.1, -0.05) is 20.3 Å². The summed E-state index contributed by atoms with van der Waals surface area (Å²) in [5, 5.41) is 9.31. The molecule has 1 aliphatic heterocycles. The van der Waals surface area contributed by atoms with Crippen LogP contribution >= 0.6 is 0 Å². The monoisotopic (exact) mass is 299 g/mol. The van der Waals surface area contributed by atoms with Crippen LogP contribution in [0.4, 0.5) is 4.79 Å². The number of urea groups is 1. The minimum absolute atomic E-state index is 0.169. The van der Waals surface area contributed by atoms with Crippen LogP contribution in [0.5, 0.6) is 0 Å². The SMILES string of the molecule is CCCCN(CC(N)=O)C(=O)N1CCC(C)CC1C(=O)O. The highest BCUT2D eigenvalue weighted by molar-refractivity contribution is 5.86. The number of carbonyl (C=O) groups excluding carboxylic acids is 2. The van der Waals surface area contributed by atoms with Crippen LogP contribution in [0.2, 0.25) is 0 Å². The first-order valence-corrected chi connectivity index (χ1v) is 7.43. The van der Waals surface area contributed by atoms with E-state index in [-0.39, 0.29) is 12.5 Å². The predicted molar refractivity (Wildman–Crippen MR) is 77.6 cm³/mol. The number of likely N-dealkylation sites (tertiary alicyclic amines) is 1. The molecule has 7 heteroatoms. The van der Waals surface area contributed by atoms with E-state index in [4.69, 9.17) is 5.73 Å². The van der Waals surface area contributed by atoms with Gasteiger partial charge in [0, 0.05) is 13.1 Å². The van der Waals surface area contributed by atoms with Gasteiger partial charge in [0.1, 0.15) is 12.6 Å². The maximum absolute atomic E-state index is 12.5. The molecule has 1 saturated heterocycles. The molecule has 0 aromatic carbocycles. The number of unbranched alkanes of at least 4 members (excludes halogenated alkanes) is 1. The Bertz CT molecular complexity index is 400. The van der Waals surface area contributed by atoms with Gasteiger partial charge in [0.15, 0.2) is 0 Å². The smallest absolute Gasteiger partial charge is 0.326 e. The Balaban J connectivity index is 2.83. The number of rotatable bonds is 6. The summed E-state index contributed by atoms with van der Waals surface area (Å²) in [6, 6.07) is -1.22. The van der Waals surface area contributed by atoms with Crippen LogP contribution in [0.3, 0.4) is 0 Å². The van der Waals surface area contributed by atoms with E-state index in [1.54, 1.807) is 0 Å². The summed E-state index contributed by atoms with van der Waals surface area (Å²) in [5.74, 6) is -1.31. The highest BCUT2D eigenvalue weighted by Crippen LogP contribution is 2.24. The molecule has 0 saturated carbocycles. The molecular weight excluding hydrogens is 274 g/mol. The standard InChI is InChI=1S/C14H25N3O4/c1-3-4-6-16(9-12(15)18)14(21)17-7-5-10(2)8-11(17)13(19)20/h10-11H,3-9H2,1-2H3,(H2,15,18)(H,19,20). The van der Waals surface area contributed by atoms with E-state index >= 15 is 0 Å². The maximum atomic E-state index is 12.5. The molecule has 0 aromatic rings.